The Morgan fingerprint density at radius 1 is 1.09 bits per heavy atom. The number of ether oxygens (including phenoxy) is 1. The Labute approximate surface area is 135 Å². The van der Waals surface area contributed by atoms with Gasteiger partial charge in [-0.2, -0.15) is 0 Å². The minimum atomic E-state index is -0.234. The fourth-order valence-corrected chi connectivity index (χ4v) is 2.97. The zero-order chi connectivity index (χ0) is 15.8. The number of rotatable bonds is 6. The van der Waals surface area contributed by atoms with E-state index in [4.69, 9.17) is 4.74 Å². The van der Waals surface area contributed by atoms with Gasteiger partial charge in [0.05, 0.1) is 17.8 Å². The van der Waals surface area contributed by atoms with Gasteiger partial charge >= 0.3 is 0 Å². The van der Waals surface area contributed by atoms with Gasteiger partial charge in [-0.05, 0) is 48.4 Å². The first kappa shape index (κ1) is 16.6. The molecule has 0 aliphatic rings. The number of halogens is 1. The Hall–Kier alpha value is -1.81. The highest BCUT2D eigenvalue weighted by atomic mass is 32.2. The molecule has 0 saturated heterocycles. The first-order chi connectivity index (χ1) is 10.7. The Balaban J connectivity index is 2.02. The summed E-state index contributed by atoms with van der Waals surface area (Å²) in [4.78, 5) is 4.63. The molecule has 2 nitrogen and oxygen atoms in total. The van der Waals surface area contributed by atoms with Crippen LogP contribution >= 0.6 is 11.8 Å². The van der Waals surface area contributed by atoms with Gasteiger partial charge in [0.1, 0.15) is 11.6 Å². The van der Waals surface area contributed by atoms with Crippen molar-refractivity contribution >= 4 is 22.5 Å². The highest BCUT2D eigenvalue weighted by molar-refractivity contribution is 8.13. The van der Waals surface area contributed by atoms with Gasteiger partial charge in [-0.3, -0.25) is 0 Å². The predicted molar refractivity (Wildman–Crippen MR) is 92.7 cm³/mol. The molecule has 0 saturated carbocycles. The van der Waals surface area contributed by atoms with E-state index in [0.29, 0.717) is 0 Å². The zero-order valence-corrected chi connectivity index (χ0v) is 13.7. The predicted octanol–water partition coefficient (Wildman–Crippen LogP) is 5.60. The van der Waals surface area contributed by atoms with Crippen molar-refractivity contribution in [1.29, 1.82) is 0 Å². The average Bonchev–Trinajstić information content (AvgIpc) is 2.55. The molecule has 0 N–H and O–H groups in total. The second-order valence-corrected chi connectivity index (χ2v) is 5.92. The second kappa shape index (κ2) is 8.59. The summed E-state index contributed by atoms with van der Waals surface area (Å²) in [5.41, 5.74) is 2.03. The highest BCUT2D eigenvalue weighted by Crippen LogP contribution is 2.22. The van der Waals surface area contributed by atoms with Crippen LogP contribution in [0.1, 0.15) is 25.3 Å². The number of hydrogen-bond acceptors (Lipinski definition) is 3. The lowest BCUT2D eigenvalue weighted by Gasteiger charge is -2.06. The molecule has 2 rings (SSSR count). The number of aliphatic imine (C=N–C) groups is 1. The molecule has 0 aromatic heterocycles. The Morgan fingerprint density at radius 3 is 2.36 bits per heavy atom. The molecule has 0 heterocycles. The fourth-order valence-electron chi connectivity index (χ4n) is 1.92. The largest absolute Gasteiger partial charge is 0.497 e. The molecular formula is C18H20FNOS. The van der Waals surface area contributed by atoms with E-state index in [-0.39, 0.29) is 5.82 Å². The van der Waals surface area contributed by atoms with Crippen LogP contribution in [0, 0.1) is 5.82 Å². The minimum Gasteiger partial charge on any atom is -0.497 e. The van der Waals surface area contributed by atoms with E-state index in [9.17, 15) is 4.39 Å². The molecule has 4 heteroatoms. The summed E-state index contributed by atoms with van der Waals surface area (Å²) in [5.74, 6) is 1.49. The molecule has 0 atom stereocenters. The van der Waals surface area contributed by atoms with Crippen LogP contribution < -0.4 is 4.74 Å². The summed E-state index contributed by atoms with van der Waals surface area (Å²) in [6.45, 7) is 2.13. The summed E-state index contributed by atoms with van der Waals surface area (Å²) in [5, 5.41) is 1.07. The van der Waals surface area contributed by atoms with E-state index < -0.39 is 0 Å². The van der Waals surface area contributed by atoms with Gasteiger partial charge in [0, 0.05) is 5.75 Å². The van der Waals surface area contributed by atoms with Crippen molar-refractivity contribution in [3.63, 3.8) is 0 Å². The normalized spacial score (nSPS) is 11.5. The molecule has 2 aromatic rings. The van der Waals surface area contributed by atoms with E-state index in [1.807, 2.05) is 12.1 Å². The Bertz CT molecular complexity index is 608. The van der Waals surface area contributed by atoms with Crippen molar-refractivity contribution < 1.29 is 9.13 Å². The molecule has 22 heavy (non-hydrogen) atoms. The van der Waals surface area contributed by atoms with Gasteiger partial charge in [0.15, 0.2) is 0 Å². The quantitative estimate of drug-likeness (QED) is 0.511. The number of nitrogens with zero attached hydrogens (tertiary/aromatic N) is 1. The van der Waals surface area contributed by atoms with E-state index >= 15 is 0 Å². The summed E-state index contributed by atoms with van der Waals surface area (Å²) in [6, 6.07) is 14.4. The van der Waals surface area contributed by atoms with Gasteiger partial charge in [-0.1, -0.05) is 25.5 Å². The third kappa shape index (κ3) is 5.19. The van der Waals surface area contributed by atoms with E-state index in [2.05, 4.69) is 24.0 Å². The molecule has 0 spiro atoms. The highest BCUT2D eigenvalue weighted by Gasteiger charge is 2.03. The lowest BCUT2D eigenvalue weighted by atomic mass is 10.2. The van der Waals surface area contributed by atoms with Crippen molar-refractivity contribution in [2.45, 2.75) is 25.5 Å². The molecule has 0 unspecified atom stereocenters. The Kier molecular flexibility index (Phi) is 6.46. The topological polar surface area (TPSA) is 21.6 Å². The maximum absolute atomic E-state index is 12.9. The lowest BCUT2D eigenvalue weighted by molar-refractivity contribution is 0.414. The van der Waals surface area contributed by atoms with Crippen molar-refractivity contribution in [3.05, 3.63) is 59.9 Å². The first-order valence-corrected chi connectivity index (χ1v) is 8.28. The van der Waals surface area contributed by atoms with E-state index in [1.54, 1.807) is 31.0 Å². The third-order valence-electron chi connectivity index (χ3n) is 3.11. The van der Waals surface area contributed by atoms with Gasteiger partial charge < -0.3 is 4.74 Å². The van der Waals surface area contributed by atoms with Crippen molar-refractivity contribution in [2.24, 2.45) is 4.99 Å². The van der Waals surface area contributed by atoms with Crippen molar-refractivity contribution in [1.82, 2.24) is 0 Å². The number of benzene rings is 2. The maximum Gasteiger partial charge on any atom is 0.123 e. The molecule has 0 radical (unpaired) electrons. The summed E-state index contributed by atoms with van der Waals surface area (Å²) >= 11 is 1.73. The summed E-state index contributed by atoms with van der Waals surface area (Å²) in [6.07, 6.45) is 1.97. The molecular weight excluding hydrogens is 297 g/mol. The fraction of sp³-hybridized carbons (Fsp3) is 0.278. The number of thioether (sulfide) groups is 1. The number of methoxy groups -OCH3 is 1. The van der Waals surface area contributed by atoms with Crippen LogP contribution in [0.25, 0.3) is 0 Å². The Morgan fingerprint density at radius 2 is 1.77 bits per heavy atom. The van der Waals surface area contributed by atoms with E-state index in [0.717, 1.165) is 35.1 Å². The minimum absolute atomic E-state index is 0.234. The average molecular weight is 317 g/mol. The zero-order valence-electron chi connectivity index (χ0n) is 12.9. The maximum atomic E-state index is 12.9. The molecule has 0 amide bonds. The van der Waals surface area contributed by atoms with Crippen LogP contribution in [0.5, 0.6) is 5.75 Å². The van der Waals surface area contributed by atoms with Crippen LogP contribution in [-0.2, 0) is 5.75 Å². The summed E-state index contributed by atoms with van der Waals surface area (Å²) in [7, 11) is 1.67. The summed E-state index contributed by atoms with van der Waals surface area (Å²) < 4.78 is 18.1. The first-order valence-electron chi connectivity index (χ1n) is 7.30. The van der Waals surface area contributed by atoms with Crippen LogP contribution in [0.15, 0.2) is 53.5 Å². The molecule has 0 aliphatic carbocycles. The lowest BCUT2D eigenvalue weighted by Crippen LogP contribution is -1.93. The third-order valence-corrected chi connectivity index (χ3v) is 4.22. The second-order valence-electron chi connectivity index (χ2n) is 4.87. The van der Waals surface area contributed by atoms with Gasteiger partial charge in [-0.15, -0.1) is 11.8 Å². The molecule has 2 aromatic carbocycles. The van der Waals surface area contributed by atoms with Crippen molar-refractivity contribution in [2.75, 3.05) is 7.11 Å². The van der Waals surface area contributed by atoms with Crippen molar-refractivity contribution in [3.8, 4) is 5.75 Å². The van der Waals surface area contributed by atoms with Crippen LogP contribution in [0.4, 0.5) is 10.1 Å². The standard InChI is InChI=1S/C18H20FNOS/c1-3-4-18(20-16-9-7-15(19)8-10-16)22-13-14-5-11-17(21-2)12-6-14/h5-12H,3-4,13H2,1-2H3. The van der Waals surface area contributed by atoms with Gasteiger partial charge in [-0.25, -0.2) is 9.38 Å². The monoisotopic (exact) mass is 317 g/mol. The van der Waals surface area contributed by atoms with Crippen LogP contribution in [0.2, 0.25) is 0 Å². The smallest absolute Gasteiger partial charge is 0.123 e. The number of hydrogen-bond donors (Lipinski definition) is 0. The van der Waals surface area contributed by atoms with Crippen LogP contribution in [-0.4, -0.2) is 12.2 Å². The molecule has 0 bridgehead atoms. The van der Waals surface area contributed by atoms with Gasteiger partial charge in [0.25, 0.3) is 0 Å². The molecule has 116 valence electrons. The SMILES string of the molecule is CCCC(=Nc1ccc(F)cc1)SCc1ccc(OC)cc1. The van der Waals surface area contributed by atoms with Crippen LogP contribution in [0.3, 0.4) is 0 Å². The van der Waals surface area contributed by atoms with Gasteiger partial charge in [0.2, 0.25) is 0 Å². The molecule has 0 aliphatic heterocycles. The molecule has 0 fully saturated rings. The van der Waals surface area contributed by atoms with E-state index in [1.165, 1.54) is 17.7 Å².